The van der Waals surface area contributed by atoms with Crippen LogP contribution in [-0.2, 0) is 26.1 Å². The van der Waals surface area contributed by atoms with Crippen LogP contribution in [0.3, 0.4) is 0 Å². The van der Waals surface area contributed by atoms with Gasteiger partial charge in [-0.15, -0.1) is 0 Å². The van der Waals surface area contributed by atoms with Crippen LogP contribution in [0.5, 0.6) is 0 Å². The van der Waals surface area contributed by atoms with Gasteiger partial charge < -0.3 is 0 Å². The summed E-state index contributed by atoms with van der Waals surface area (Å²) in [4.78, 5) is 2.22. The molecule has 0 aromatic heterocycles. The Labute approximate surface area is 183 Å². The fourth-order valence-electron chi connectivity index (χ4n) is 4.67. The summed E-state index contributed by atoms with van der Waals surface area (Å²) in [7, 11) is -7.17. The Balaban J connectivity index is 1.49. The maximum absolute atomic E-state index is 13.3. The van der Waals surface area contributed by atoms with Crippen molar-refractivity contribution in [3.63, 3.8) is 0 Å². The molecule has 8 heteroatoms. The monoisotopic (exact) mass is 467 g/mol. The number of halogens is 1. The van der Waals surface area contributed by atoms with Crippen LogP contribution in [0.2, 0.25) is 5.02 Å². The van der Waals surface area contributed by atoms with Gasteiger partial charge in [0.05, 0.1) is 21.7 Å². The molecule has 2 fully saturated rings. The molecule has 30 heavy (non-hydrogen) atoms. The third-order valence-corrected chi connectivity index (χ3v) is 10.7. The summed E-state index contributed by atoms with van der Waals surface area (Å²) in [6, 6.07) is 15.8. The first-order valence-corrected chi connectivity index (χ1v) is 14.0. The number of rotatable bonds is 5. The van der Waals surface area contributed by atoms with Gasteiger partial charge in [-0.05, 0) is 68.1 Å². The summed E-state index contributed by atoms with van der Waals surface area (Å²) >= 11 is 5.89. The number of sulfone groups is 2. The van der Waals surface area contributed by atoms with Gasteiger partial charge in [-0.3, -0.25) is 4.90 Å². The molecule has 0 amide bonds. The Morgan fingerprint density at radius 2 is 1.57 bits per heavy atom. The van der Waals surface area contributed by atoms with Crippen LogP contribution in [0.1, 0.15) is 18.4 Å². The number of benzene rings is 2. The molecule has 162 valence electrons. The predicted molar refractivity (Wildman–Crippen MR) is 119 cm³/mol. The number of hydrogen-bond acceptors (Lipinski definition) is 5. The molecule has 0 N–H and O–H groups in total. The molecular formula is C22H26ClNO4S2. The minimum Gasteiger partial charge on any atom is -0.298 e. The van der Waals surface area contributed by atoms with E-state index in [0.29, 0.717) is 10.9 Å². The minimum absolute atomic E-state index is 0.0894. The maximum atomic E-state index is 13.3. The molecule has 0 radical (unpaired) electrons. The standard InChI is InChI=1S/C22H26ClNO4S2/c23-19-6-8-20(9-7-19)30(27,28)22-16-29(25,26)15-21(22)24-12-10-18(11-13-24)14-17-4-2-1-3-5-17/h1-9,18,21-22H,10-16H2/t21-,22-/m0/s1. The zero-order chi connectivity index (χ0) is 21.4. The summed E-state index contributed by atoms with van der Waals surface area (Å²) in [5.74, 6) is 0.133. The zero-order valence-electron chi connectivity index (χ0n) is 16.7. The minimum atomic E-state index is -3.77. The van der Waals surface area contributed by atoms with E-state index in [1.54, 1.807) is 0 Å². The first kappa shape index (κ1) is 21.8. The summed E-state index contributed by atoms with van der Waals surface area (Å²) in [5, 5.41) is -0.487. The zero-order valence-corrected chi connectivity index (χ0v) is 19.0. The average Bonchev–Trinajstić information content (AvgIpc) is 3.06. The van der Waals surface area contributed by atoms with E-state index in [9.17, 15) is 16.8 Å². The van der Waals surface area contributed by atoms with Crippen molar-refractivity contribution in [1.29, 1.82) is 0 Å². The second-order valence-electron chi connectivity index (χ2n) is 8.35. The molecule has 0 bridgehead atoms. The molecule has 4 rings (SSSR count). The average molecular weight is 468 g/mol. The Morgan fingerprint density at radius 1 is 0.933 bits per heavy atom. The normalized spacial score (nSPS) is 25.4. The van der Waals surface area contributed by atoms with E-state index in [4.69, 9.17) is 11.6 Å². The van der Waals surface area contributed by atoms with Crippen LogP contribution < -0.4 is 0 Å². The third kappa shape index (κ3) is 4.74. The highest BCUT2D eigenvalue weighted by molar-refractivity contribution is 7.96. The summed E-state index contributed by atoms with van der Waals surface area (Å²) < 4.78 is 51.4. The van der Waals surface area contributed by atoms with Crippen LogP contribution in [0.25, 0.3) is 0 Å². The number of piperidine rings is 1. The Morgan fingerprint density at radius 3 is 2.20 bits per heavy atom. The van der Waals surface area contributed by atoms with Crippen LogP contribution in [0.4, 0.5) is 0 Å². The van der Waals surface area contributed by atoms with Gasteiger partial charge in [0.2, 0.25) is 0 Å². The molecule has 5 nitrogen and oxygen atoms in total. The second-order valence-corrected chi connectivity index (χ2v) is 13.1. The highest BCUT2D eigenvalue weighted by atomic mass is 35.5. The van der Waals surface area contributed by atoms with Crippen molar-refractivity contribution >= 4 is 31.3 Å². The molecule has 0 saturated carbocycles. The lowest BCUT2D eigenvalue weighted by molar-refractivity contribution is 0.144. The molecule has 0 aliphatic carbocycles. The molecule has 2 saturated heterocycles. The van der Waals surface area contributed by atoms with E-state index in [1.165, 1.54) is 29.8 Å². The topological polar surface area (TPSA) is 71.5 Å². The third-order valence-electron chi connectivity index (χ3n) is 6.30. The molecule has 2 aromatic rings. The van der Waals surface area contributed by atoms with Crippen LogP contribution >= 0.6 is 11.6 Å². The van der Waals surface area contributed by atoms with E-state index in [1.807, 2.05) is 18.2 Å². The van der Waals surface area contributed by atoms with Gasteiger partial charge in [0.25, 0.3) is 0 Å². The fraction of sp³-hybridized carbons (Fsp3) is 0.455. The van der Waals surface area contributed by atoms with E-state index in [2.05, 4.69) is 17.0 Å². The van der Waals surface area contributed by atoms with Gasteiger partial charge in [0.15, 0.2) is 19.7 Å². The lowest BCUT2D eigenvalue weighted by Gasteiger charge is -2.37. The highest BCUT2D eigenvalue weighted by Crippen LogP contribution is 2.32. The molecule has 2 heterocycles. The van der Waals surface area contributed by atoms with E-state index in [0.717, 1.165) is 32.4 Å². The van der Waals surface area contributed by atoms with Crippen molar-refractivity contribution in [2.75, 3.05) is 24.6 Å². The first-order valence-electron chi connectivity index (χ1n) is 10.2. The SMILES string of the molecule is O=S1(=O)C[C@H](N2CCC(Cc3ccccc3)CC2)[C@@H](S(=O)(=O)c2ccc(Cl)cc2)C1. The summed E-state index contributed by atoms with van der Waals surface area (Å²) in [6.07, 6.45) is 2.89. The Hall–Kier alpha value is -1.41. The van der Waals surface area contributed by atoms with Gasteiger partial charge in [-0.1, -0.05) is 41.9 Å². The van der Waals surface area contributed by atoms with Gasteiger partial charge in [-0.25, -0.2) is 16.8 Å². The largest absolute Gasteiger partial charge is 0.298 e. The molecule has 0 spiro atoms. The number of nitrogens with zero attached hydrogens (tertiary/aromatic N) is 1. The van der Waals surface area contributed by atoms with Crippen molar-refractivity contribution in [1.82, 2.24) is 4.90 Å². The van der Waals surface area contributed by atoms with Gasteiger partial charge in [0.1, 0.15) is 0 Å². The van der Waals surface area contributed by atoms with E-state index < -0.39 is 31.0 Å². The van der Waals surface area contributed by atoms with Gasteiger partial charge in [-0.2, -0.15) is 0 Å². The second kappa shape index (κ2) is 8.61. The lowest BCUT2D eigenvalue weighted by Crippen LogP contribution is -2.49. The molecule has 2 aliphatic heterocycles. The summed E-state index contributed by atoms with van der Waals surface area (Å²) in [5.41, 5.74) is 1.31. The smallest absolute Gasteiger partial charge is 0.183 e. The van der Waals surface area contributed by atoms with Crippen molar-refractivity contribution < 1.29 is 16.8 Å². The van der Waals surface area contributed by atoms with Crippen LogP contribution in [0.15, 0.2) is 59.5 Å². The quantitative estimate of drug-likeness (QED) is 0.675. The van der Waals surface area contributed by atoms with E-state index in [-0.39, 0.29) is 16.4 Å². The maximum Gasteiger partial charge on any atom is 0.183 e. The predicted octanol–water partition coefficient (Wildman–Crippen LogP) is 3.23. The van der Waals surface area contributed by atoms with Crippen LogP contribution in [0, 0.1) is 5.92 Å². The number of likely N-dealkylation sites (tertiary alicyclic amines) is 1. The Kier molecular flexibility index (Phi) is 6.26. The first-order chi connectivity index (χ1) is 14.2. The molecule has 2 atom stereocenters. The molecular weight excluding hydrogens is 442 g/mol. The van der Waals surface area contributed by atoms with E-state index >= 15 is 0 Å². The van der Waals surface area contributed by atoms with Gasteiger partial charge >= 0.3 is 0 Å². The van der Waals surface area contributed by atoms with Crippen molar-refractivity contribution in [2.45, 2.75) is 35.4 Å². The fourth-order valence-corrected chi connectivity index (χ4v) is 9.62. The molecule has 2 aliphatic rings. The lowest BCUT2D eigenvalue weighted by atomic mass is 9.89. The number of hydrogen-bond donors (Lipinski definition) is 0. The van der Waals surface area contributed by atoms with Crippen molar-refractivity contribution in [3.05, 3.63) is 65.2 Å². The van der Waals surface area contributed by atoms with Crippen molar-refractivity contribution in [2.24, 2.45) is 5.92 Å². The summed E-state index contributed by atoms with van der Waals surface area (Å²) in [6.45, 7) is 1.45. The highest BCUT2D eigenvalue weighted by Gasteiger charge is 2.48. The Bertz CT molecular complexity index is 1080. The van der Waals surface area contributed by atoms with Gasteiger partial charge in [0, 0.05) is 11.1 Å². The molecule has 0 unspecified atom stereocenters. The van der Waals surface area contributed by atoms with Crippen LogP contribution in [-0.4, -0.2) is 57.6 Å². The molecule has 2 aromatic carbocycles. The van der Waals surface area contributed by atoms with Crippen molar-refractivity contribution in [3.8, 4) is 0 Å².